The molecule has 0 aliphatic rings. The maximum Gasteiger partial charge on any atom is 0.227 e. The molecule has 2 atom stereocenters. The molecule has 8 nitrogen and oxygen atoms in total. The maximum absolute atomic E-state index is 12.6. The van der Waals surface area contributed by atoms with Crippen LogP contribution in [0, 0.1) is 0 Å². The number of carbonyl (C=O) groups excluding carboxylic acids is 1. The number of ether oxygens (including phenoxy) is 2. The summed E-state index contributed by atoms with van der Waals surface area (Å²) in [6, 6.07) is 16.1. The molecule has 0 fully saturated rings. The van der Waals surface area contributed by atoms with Crippen LogP contribution in [0.1, 0.15) is 48.2 Å². The van der Waals surface area contributed by atoms with Gasteiger partial charge in [0.2, 0.25) is 11.8 Å². The van der Waals surface area contributed by atoms with E-state index in [0.717, 1.165) is 27.8 Å². The van der Waals surface area contributed by atoms with Gasteiger partial charge in [0.1, 0.15) is 11.9 Å². The van der Waals surface area contributed by atoms with Gasteiger partial charge >= 0.3 is 0 Å². The monoisotopic (exact) mass is 448 g/mol. The number of benzene rings is 2. The quantitative estimate of drug-likeness (QED) is 0.378. The fourth-order valence-corrected chi connectivity index (χ4v) is 3.79. The Morgan fingerprint density at radius 1 is 1.15 bits per heavy atom. The normalized spacial score (nSPS) is 13.1. The number of para-hydroxylation sites is 1. The Bertz CT molecular complexity index is 1200. The molecule has 0 spiro atoms. The van der Waals surface area contributed by atoms with Crippen LogP contribution in [0.5, 0.6) is 5.75 Å². The Labute approximate surface area is 192 Å². The molecule has 0 radical (unpaired) electrons. The van der Waals surface area contributed by atoms with Crippen molar-refractivity contribution in [1.29, 1.82) is 0 Å². The minimum absolute atomic E-state index is 0.0198. The summed E-state index contributed by atoms with van der Waals surface area (Å²) in [6.07, 6.45) is 2.39. The largest absolute Gasteiger partial charge is 0.497 e. The molecule has 2 heterocycles. The minimum atomic E-state index is -0.252. The van der Waals surface area contributed by atoms with E-state index < -0.39 is 0 Å². The molecule has 0 aliphatic heterocycles. The van der Waals surface area contributed by atoms with Crippen LogP contribution in [0.3, 0.4) is 0 Å². The van der Waals surface area contributed by atoms with E-state index in [-0.39, 0.29) is 24.3 Å². The van der Waals surface area contributed by atoms with Gasteiger partial charge in [0.25, 0.3) is 0 Å². The minimum Gasteiger partial charge on any atom is -0.497 e. The topological polar surface area (TPSA) is 102 Å². The van der Waals surface area contributed by atoms with Gasteiger partial charge in [-0.1, -0.05) is 35.5 Å². The van der Waals surface area contributed by atoms with Crippen LogP contribution in [0.25, 0.3) is 10.9 Å². The molecule has 4 rings (SSSR count). The zero-order valence-electron chi connectivity index (χ0n) is 19.0. The molecule has 0 unspecified atom stereocenters. The highest BCUT2D eigenvalue weighted by atomic mass is 16.5. The van der Waals surface area contributed by atoms with E-state index in [1.807, 2.05) is 55.6 Å². The van der Waals surface area contributed by atoms with E-state index in [2.05, 4.69) is 26.5 Å². The highest BCUT2D eigenvalue weighted by Gasteiger charge is 2.20. The first kappa shape index (κ1) is 22.5. The number of amides is 1. The van der Waals surface area contributed by atoms with Crippen LogP contribution in [-0.4, -0.2) is 41.8 Å². The van der Waals surface area contributed by atoms with Crippen LogP contribution in [-0.2, 0) is 16.0 Å². The lowest BCUT2D eigenvalue weighted by molar-refractivity contribution is -0.121. The lowest BCUT2D eigenvalue weighted by atomic mass is 9.90. The molecule has 0 aliphatic carbocycles. The van der Waals surface area contributed by atoms with Crippen molar-refractivity contribution in [2.75, 3.05) is 20.8 Å². The molecule has 4 aromatic rings. The van der Waals surface area contributed by atoms with Gasteiger partial charge in [0.15, 0.2) is 5.82 Å². The van der Waals surface area contributed by atoms with Gasteiger partial charge in [-0.15, -0.1) is 0 Å². The SMILES string of the molecule is COc1ccc([C@@H](CNC(=O)CCc2nc([C@H](C)OC)no2)c2c[nH]c3ccccc23)cc1. The summed E-state index contributed by atoms with van der Waals surface area (Å²) in [4.78, 5) is 20.3. The zero-order chi connectivity index (χ0) is 23.2. The van der Waals surface area contributed by atoms with Crippen LogP contribution in [0.15, 0.2) is 59.3 Å². The molecule has 0 saturated heterocycles. The summed E-state index contributed by atoms with van der Waals surface area (Å²) in [5, 5.41) is 8.11. The number of fused-ring (bicyclic) bond motifs is 1. The third-order valence-corrected chi connectivity index (χ3v) is 5.79. The van der Waals surface area contributed by atoms with E-state index in [4.69, 9.17) is 14.0 Å². The number of rotatable bonds is 10. The van der Waals surface area contributed by atoms with E-state index in [0.29, 0.717) is 24.7 Å². The van der Waals surface area contributed by atoms with Gasteiger partial charge in [-0.25, -0.2) is 0 Å². The number of H-pyrrole nitrogens is 1. The molecule has 172 valence electrons. The Hall–Kier alpha value is -3.65. The lowest BCUT2D eigenvalue weighted by Crippen LogP contribution is -2.29. The third-order valence-electron chi connectivity index (χ3n) is 5.79. The van der Waals surface area contributed by atoms with Crippen LogP contribution in [0.4, 0.5) is 0 Å². The smallest absolute Gasteiger partial charge is 0.227 e. The van der Waals surface area contributed by atoms with Gasteiger partial charge < -0.3 is 24.3 Å². The van der Waals surface area contributed by atoms with E-state index in [1.54, 1.807) is 14.2 Å². The number of aryl methyl sites for hydroxylation is 1. The predicted octanol–water partition coefficient (Wildman–Crippen LogP) is 4.15. The molecular weight excluding hydrogens is 420 g/mol. The van der Waals surface area contributed by atoms with Crippen molar-refractivity contribution in [3.63, 3.8) is 0 Å². The van der Waals surface area contributed by atoms with Crippen molar-refractivity contribution in [3.05, 3.63) is 77.6 Å². The van der Waals surface area contributed by atoms with Crippen molar-refractivity contribution in [2.24, 2.45) is 0 Å². The van der Waals surface area contributed by atoms with Crippen molar-refractivity contribution < 1.29 is 18.8 Å². The van der Waals surface area contributed by atoms with Gasteiger partial charge in [0.05, 0.1) is 7.11 Å². The van der Waals surface area contributed by atoms with E-state index in [9.17, 15) is 4.79 Å². The van der Waals surface area contributed by atoms with Crippen LogP contribution >= 0.6 is 0 Å². The Kier molecular flexibility index (Phi) is 7.04. The van der Waals surface area contributed by atoms with Gasteiger partial charge in [-0.2, -0.15) is 4.98 Å². The van der Waals surface area contributed by atoms with Gasteiger partial charge in [-0.05, 0) is 36.2 Å². The standard InChI is InChI=1S/C25H28N4O4/c1-16(31-2)25-28-24(33-29-25)13-12-23(30)27-14-20(17-8-10-18(32-3)11-9-17)21-15-26-22-7-5-4-6-19(21)22/h4-11,15-16,20,26H,12-14H2,1-3H3,(H,27,30)/t16-,20+/m0/s1. The number of aromatic nitrogens is 3. The Balaban J connectivity index is 1.46. The first-order valence-electron chi connectivity index (χ1n) is 10.9. The summed E-state index contributed by atoms with van der Waals surface area (Å²) >= 11 is 0. The van der Waals surface area contributed by atoms with Crippen molar-refractivity contribution in [1.82, 2.24) is 20.4 Å². The highest BCUT2D eigenvalue weighted by Crippen LogP contribution is 2.31. The summed E-state index contributed by atoms with van der Waals surface area (Å²) in [5.74, 6) is 1.60. The average Bonchev–Trinajstić information content (AvgIpc) is 3.50. The number of aromatic amines is 1. The summed E-state index contributed by atoms with van der Waals surface area (Å²) in [6.45, 7) is 2.30. The van der Waals surface area contributed by atoms with Gasteiger partial charge in [0, 0.05) is 49.5 Å². The molecule has 33 heavy (non-hydrogen) atoms. The number of nitrogens with one attached hydrogen (secondary N) is 2. The molecule has 0 bridgehead atoms. The zero-order valence-corrected chi connectivity index (χ0v) is 19.0. The second-order valence-electron chi connectivity index (χ2n) is 7.84. The number of methoxy groups -OCH3 is 2. The fourth-order valence-electron chi connectivity index (χ4n) is 3.79. The molecule has 2 aromatic heterocycles. The molecule has 1 amide bonds. The molecular formula is C25H28N4O4. The summed E-state index contributed by atoms with van der Waals surface area (Å²) in [5.41, 5.74) is 3.29. The average molecular weight is 449 g/mol. The number of hydrogen-bond donors (Lipinski definition) is 2. The van der Waals surface area contributed by atoms with Crippen molar-refractivity contribution in [2.45, 2.75) is 31.8 Å². The lowest BCUT2D eigenvalue weighted by Gasteiger charge is -2.18. The summed E-state index contributed by atoms with van der Waals surface area (Å²) in [7, 11) is 3.23. The van der Waals surface area contributed by atoms with E-state index >= 15 is 0 Å². The Morgan fingerprint density at radius 2 is 1.94 bits per heavy atom. The second kappa shape index (κ2) is 10.3. The molecule has 2 N–H and O–H groups in total. The molecule has 0 saturated carbocycles. The third kappa shape index (κ3) is 5.23. The number of nitrogens with zero attached hydrogens (tertiary/aromatic N) is 2. The predicted molar refractivity (Wildman–Crippen MR) is 124 cm³/mol. The first-order valence-corrected chi connectivity index (χ1v) is 10.9. The number of hydrogen-bond acceptors (Lipinski definition) is 6. The number of carbonyl (C=O) groups is 1. The maximum atomic E-state index is 12.6. The first-order chi connectivity index (χ1) is 16.1. The van der Waals surface area contributed by atoms with E-state index in [1.165, 1.54) is 0 Å². The molecule has 8 heteroatoms. The van der Waals surface area contributed by atoms with Crippen LogP contribution in [0.2, 0.25) is 0 Å². The Morgan fingerprint density at radius 3 is 2.70 bits per heavy atom. The van der Waals surface area contributed by atoms with Crippen LogP contribution < -0.4 is 10.1 Å². The van der Waals surface area contributed by atoms with Gasteiger partial charge in [-0.3, -0.25) is 4.79 Å². The second-order valence-corrected chi connectivity index (χ2v) is 7.84. The summed E-state index contributed by atoms with van der Waals surface area (Å²) < 4.78 is 15.7. The fraction of sp³-hybridized carbons (Fsp3) is 0.320. The van der Waals surface area contributed by atoms with Crippen molar-refractivity contribution >= 4 is 16.8 Å². The highest BCUT2D eigenvalue weighted by molar-refractivity contribution is 5.84. The van der Waals surface area contributed by atoms with Crippen molar-refractivity contribution in [3.8, 4) is 5.75 Å². The molecule has 2 aromatic carbocycles.